The largest absolute Gasteiger partial charge is 0.497 e. The van der Waals surface area contributed by atoms with E-state index in [4.69, 9.17) is 25.6 Å². The Morgan fingerprint density at radius 2 is 2.00 bits per heavy atom. The molecule has 0 aliphatic carbocycles. The van der Waals surface area contributed by atoms with Crippen LogP contribution in [0.25, 0.3) is 11.4 Å². The number of hydrogen-bond acceptors (Lipinski definition) is 7. The van der Waals surface area contributed by atoms with Crippen molar-refractivity contribution in [3.63, 3.8) is 0 Å². The van der Waals surface area contributed by atoms with Crippen molar-refractivity contribution in [2.75, 3.05) is 7.11 Å². The van der Waals surface area contributed by atoms with Gasteiger partial charge in [-0.2, -0.15) is 4.98 Å². The fraction of sp³-hybridized carbons (Fsp3) is 0.200. The van der Waals surface area contributed by atoms with Gasteiger partial charge in [-0.05, 0) is 31.2 Å². The van der Waals surface area contributed by atoms with Gasteiger partial charge in [-0.1, -0.05) is 41.0 Å². The molecule has 3 rings (SSSR count). The van der Waals surface area contributed by atoms with Crippen LogP contribution in [0, 0.1) is 0 Å². The van der Waals surface area contributed by atoms with Gasteiger partial charge >= 0.3 is 5.97 Å². The van der Waals surface area contributed by atoms with Crippen LogP contribution in [0.1, 0.15) is 23.2 Å². The van der Waals surface area contributed by atoms with E-state index in [1.54, 1.807) is 55.6 Å². The molecule has 0 saturated carbocycles. The lowest BCUT2D eigenvalue weighted by molar-refractivity contribution is -0.147. The molecule has 8 nitrogen and oxygen atoms in total. The SMILES string of the molecule is COc1cccc(-c2noc(COC(=O)[C@H](C)NC(=O)c3ccccc3Cl)n2)c1. The number of nitrogens with one attached hydrogen (secondary N) is 1. The molecule has 1 heterocycles. The molecule has 0 spiro atoms. The summed E-state index contributed by atoms with van der Waals surface area (Å²) in [5.74, 6) is 0.00358. The fourth-order valence-electron chi connectivity index (χ4n) is 2.43. The van der Waals surface area contributed by atoms with Gasteiger partial charge in [0.1, 0.15) is 11.8 Å². The van der Waals surface area contributed by atoms with Crippen molar-refractivity contribution < 1.29 is 23.6 Å². The first-order valence-electron chi connectivity index (χ1n) is 8.67. The monoisotopic (exact) mass is 415 g/mol. The predicted octanol–water partition coefficient (Wildman–Crippen LogP) is 3.26. The molecule has 0 bridgehead atoms. The maximum Gasteiger partial charge on any atom is 0.328 e. The average Bonchev–Trinajstić information content (AvgIpc) is 3.21. The van der Waals surface area contributed by atoms with Crippen LogP contribution in [0.15, 0.2) is 53.1 Å². The number of amides is 1. The van der Waals surface area contributed by atoms with Crippen LogP contribution in [-0.4, -0.2) is 35.2 Å². The molecule has 0 fully saturated rings. The van der Waals surface area contributed by atoms with E-state index in [9.17, 15) is 9.59 Å². The highest BCUT2D eigenvalue weighted by molar-refractivity contribution is 6.33. The molecule has 9 heteroatoms. The molecule has 0 saturated heterocycles. The van der Waals surface area contributed by atoms with Gasteiger partial charge in [-0.15, -0.1) is 0 Å². The van der Waals surface area contributed by atoms with Gasteiger partial charge in [-0.25, -0.2) is 4.79 Å². The number of carbonyl (C=O) groups is 2. The summed E-state index contributed by atoms with van der Waals surface area (Å²) in [6.07, 6.45) is 0. The van der Waals surface area contributed by atoms with E-state index in [1.165, 1.54) is 6.92 Å². The summed E-state index contributed by atoms with van der Waals surface area (Å²) >= 11 is 5.98. The van der Waals surface area contributed by atoms with E-state index in [0.717, 1.165) is 0 Å². The second-order valence-electron chi connectivity index (χ2n) is 6.03. The minimum atomic E-state index is -0.889. The number of hydrogen-bond donors (Lipinski definition) is 1. The molecule has 0 unspecified atom stereocenters. The molecule has 1 aromatic heterocycles. The first-order chi connectivity index (χ1) is 14.0. The van der Waals surface area contributed by atoms with Crippen LogP contribution < -0.4 is 10.1 Å². The molecule has 0 aliphatic rings. The Labute approximate surface area is 171 Å². The van der Waals surface area contributed by atoms with Crippen molar-refractivity contribution in [1.82, 2.24) is 15.5 Å². The van der Waals surface area contributed by atoms with E-state index in [2.05, 4.69) is 15.5 Å². The summed E-state index contributed by atoms with van der Waals surface area (Å²) in [7, 11) is 1.56. The predicted molar refractivity (Wildman–Crippen MR) is 104 cm³/mol. The summed E-state index contributed by atoms with van der Waals surface area (Å²) in [5, 5.41) is 6.70. The number of nitrogens with zero attached hydrogens (tertiary/aromatic N) is 2. The molecule has 150 valence electrons. The van der Waals surface area contributed by atoms with E-state index in [-0.39, 0.29) is 18.1 Å². The first kappa shape index (κ1) is 20.3. The summed E-state index contributed by atoms with van der Waals surface area (Å²) in [6, 6.07) is 12.8. The molecular weight excluding hydrogens is 398 g/mol. The van der Waals surface area contributed by atoms with E-state index in [1.807, 2.05) is 0 Å². The van der Waals surface area contributed by atoms with Crippen molar-refractivity contribution in [2.45, 2.75) is 19.6 Å². The molecular formula is C20H18ClN3O5. The van der Waals surface area contributed by atoms with Crippen LogP contribution in [0.3, 0.4) is 0 Å². The van der Waals surface area contributed by atoms with Crippen LogP contribution in [0.5, 0.6) is 5.75 Å². The van der Waals surface area contributed by atoms with Crippen molar-refractivity contribution >= 4 is 23.5 Å². The maximum absolute atomic E-state index is 12.2. The summed E-state index contributed by atoms with van der Waals surface area (Å²) in [4.78, 5) is 28.6. The number of halogens is 1. The van der Waals surface area contributed by atoms with Crippen molar-refractivity contribution in [3.05, 3.63) is 65.0 Å². The maximum atomic E-state index is 12.2. The van der Waals surface area contributed by atoms with Crippen molar-refractivity contribution in [1.29, 1.82) is 0 Å². The number of aromatic nitrogens is 2. The number of ether oxygens (including phenoxy) is 2. The number of rotatable bonds is 7. The number of benzene rings is 2. The summed E-state index contributed by atoms with van der Waals surface area (Å²) < 4.78 is 15.4. The van der Waals surface area contributed by atoms with Crippen LogP contribution in [0.4, 0.5) is 0 Å². The second kappa shape index (κ2) is 9.20. The van der Waals surface area contributed by atoms with Crippen LogP contribution in [0.2, 0.25) is 5.02 Å². The number of esters is 1. The Morgan fingerprint density at radius 3 is 2.76 bits per heavy atom. The summed E-state index contributed by atoms with van der Waals surface area (Å²) in [6.45, 7) is 1.29. The third-order valence-corrected chi connectivity index (χ3v) is 4.28. The lowest BCUT2D eigenvalue weighted by Gasteiger charge is -2.13. The quantitative estimate of drug-likeness (QED) is 0.590. The van der Waals surface area contributed by atoms with E-state index in [0.29, 0.717) is 22.2 Å². The molecule has 1 N–H and O–H groups in total. The molecule has 29 heavy (non-hydrogen) atoms. The standard InChI is InChI=1S/C20H18ClN3O5/c1-12(22-19(25)15-8-3-4-9-16(15)21)20(26)28-11-17-23-18(24-29-17)13-6-5-7-14(10-13)27-2/h3-10,12H,11H2,1-2H3,(H,22,25)/t12-/m0/s1. The van der Waals surface area contributed by atoms with E-state index >= 15 is 0 Å². The Bertz CT molecular complexity index is 1020. The molecule has 1 atom stereocenters. The molecule has 3 aromatic rings. The number of carbonyl (C=O) groups excluding carboxylic acids is 2. The molecule has 2 aromatic carbocycles. The second-order valence-corrected chi connectivity index (χ2v) is 6.43. The van der Waals surface area contributed by atoms with Gasteiger partial charge in [0.2, 0.25) is 5.82 Å². The normalized spacial score (nSPS) is 11.6. The molecule has 0 radical (unpaired) electrons. The zero-order valence-electron chi connectivity index (χ0n) is 15.7. The third-order valence-electron chi connectivity index (χ3n) is 3.95. The van der Waals surface area contributed by atoms with Crippen LogP contribution in [-0.2, 0) is 16.1 Å². The van der Waals surface area contributed by atoms with Crippen molar-refractivity contribution in [2.24, 2.45) is 0 Å². The van der Waals surface area contributed by atoms with Gasteiger partial charge in [-0.3, -0.25) is 4.79 Å². The van der Waals surface area contributed by atoms with Gasteiger partial charge in [0, 0.05) is 5.56 Å². The van der Waals surface area contributed by atoms with Gasteiger partial charge in [0.15, 0.2) is 6.61 Å². The van der Waals surface area contributed by atoms with Gasteiger partial charge in [0.05, 0.1) is 17.7 Å². The minimum absolute atomic E-state index is 0.126. The third kappa shape index (κ3) is 5.11. The van der Waals surface area contributed by atoms with Gasteiger partial charge in [0.25, 0.3) is 11.8 Å². The van der Waals surface area contributed by atoms with E-state index < -0.39 is 17.9 Å². The smallest absolute Gasteiger partial charge is 0.328 e. The first-order valence-corrected chi connectivity index (χ1v) is 9.04. The van der Waals surface area contributed by atoms with Crippen LogP contribution >= 0.6 is 11.6 Å². The van der Waals surface area contributed by atoms with Gasteiger partial charge < -0.3 is 19.3 Å². The Morgan fingerprint density at radius 1 is 1.21 bits per heavy atom. The Hall–Kier alpha value is -3.39. The minimum Gasteiger partial charge on any atom is -0.497 e. The molecule has 0 aliphatic heterocycles. The summed E-state index contributed by atoms with van der Waals surface area (Å²) in [5.41, 5.74) is 0.972. The highest BCUT2D eigenvalue weighted by Crippen LogP contribution is 2.21. The lowest BCUT2D eigenvalue weighted by Crippen LogP contribution is -2.39. The zero-order valence-corrected chi connectivity index (χ0v) is 16.5. The lowest BCUT2D eigenvalue weighted by atomic mass is 10.2. The fourth-order valence-corrected chi connectivity index (χ4v) is 2.65. The highest BCUT2D eigenvalue weighted by atomic mass is 35.5. The highest BCUT2D eigenvalue weighted by Gasteiger charge is 2.20. The average molecular weight is 416 g/mol. The number of methoxy groups -OCH3 is 1. The zero-order chi connectivity index (χ0) is 20.8. The Balaban J connectivity index is 1.56. The van der Waals surface area contributed by atoms with Crippen molar-refractivity contribution in [3.8, 4) is 17.1 Å². The Kier molecular flexibility index (Phi) is 6.46. The molecule has 1 amide bonds. The topological polar surface area (TPSA) is 104 Å².